The number of hydrogen-bond acceptors (Lipinski definition) is 8. The normalized spacial score (nSPS) is 27.7. The molecule has 0 spiro atoms. The Kier molecular flexibility index (Phi) is 5.99. The first-order chi connectivity index (χ1) is 17.6. The van der Waals surface area contributed by atoms with Gasteiger partial charge >= 0.3 is 12.1 Å². The van der Waals surface area contributed by atoms with Gasteiger partial charge in [-0.2, -0.15) is 9.97 Å². The molecular weight excluding hydrogens is 492 g/mol. The molecule has 37 heavy (non-hydrogen) atoms. The number of ether oxygens (including phenoxy) is 2. The lowest BCUT2D eigenvalue weighted by molar-refractivity contribution is 0.0122. The zero-order chi connectivity index (χ0) is 25.9. The van der Waals surface area contributed by atoms with Gasteiger partial charge in [-0.1, -0.05) is 23.8 Å². The number of aromatic nitrogens is 3. The Balaban J connectivity index is 1.27. The molecule has 0 aliphatic carbocycles. The van der Waals surface area contributed by atoms with Gasteiger partial charge in [0.15, 0.2) is 0 Å². The summed E-state index contributed by atoms with van der Waals surface area (Å²) >= 11 is 6.24. The van der Waals surface area contributed by atoms with Crippen LogP contribution in [0.15, 0.2) is 24.4 Å². The number of rotatable bonds is 4. The van der Waals surface area contributed by atoms with E-state index in [4.69, 9.17) is 31.0 Å². The molecule has 6 rings (SSSR count). The van der Waals surface area contributed by atoms with E-state index in [-0.39, 0.29) is 23.7 Å². The van der Waals surface area contributed by atoms with Gasteiger partial charge in [0, 0.05) is 31.9 Å². The average Bonchev–Trinajstić information content (AvgIpc) is 3.43. The molecule has 1 amide bonds. The molecule has 2 bridgehead atoms. The van der Waals surface area contributed by atoms with E-state index in [2.05, 4.69) is 21.4 Å². The lowest BCUT2D eigenvalue weighted by Gasteiger charge is -2.42. The fourth-order valence-corrected chi connectivity index (χ4v) is 6.76. The molecule has 3 atom stereocenters. The number of fused-ring (bicyclic) bond motifs is 4. The molecule has 198 valence electrons. The first-order valence-corrected chi connectivity index (χ1v) is 13.6. The zero-order valence-corrected chi connectivity index (χ0v) is 22.6. The minimum atomic E-state index is -0.520. The molecule has 0 radical (unpaired) electrons. The number of pyridine rings is 1. The lowest BCUT2D eigenvalue weighted by Crippen LogP contribution is -2.57. The first-order valence-electron chi connectivity index (χ1n) is 13.2. The predicted octanol–water partition coefficient (Wildman–Crippen LogP) is 4.44. The number of halogens is 1. The molecule has 4 saturated heterocycles. The molecule has 0 saturated carbocycles. The summed E-state index contributed by atoms with van der Waals surface area (Å²) in [6.45, 7) is 13.8. The minimum Gasteiger partial charge on any atom is -0.461 e. The van der Waals surface area contributed by atoms with Crippen molar-refractivity contribution in [2.45, 2.75) is 76.1 Å². The Bertz CT molecular complexity index is 1230. The Hall–Kier alpha value is -2.65. The van der Waals surface area contributed by atoms with E-state index in [0.29, 0.717) is 36.4 Å². The molecule has 0 N–H and O–H groups in total. The Morgan fingerprint density at radius 2 is 2.00 bits per heavy atom. The van der Waals surface area contributed by atoms with E-state index >= 15 is 0 Å². The maximum atomic E-state index is 13.0. The zero-order valence-electron chi connectivity index (χ0n) is 21.9. The highest BCUT2D eigenvalue weighted by molar-refractivity contribution is 6.30. The van der Waals surface area contributed by atoms with Crippen LogP contribution in [0.5, 0.6) is 6.01 Å². The van der Waals surface area contributed by atoms with Crippen molar-refractivity contribution in [2.75, 3.05) is 37.7 Å². The summed E-state index contributed by atoms with van der Waals surface area (Å²) < 4.78 is 12.0. The van der Waals surface area contributed by atoms with Gasteiger partial charge in [0.25, 0.3) is 0 Å². The van der Waals surface area contributed by atoms with Crippen molar-refractivity contribution in [3.05, 3.63) is 29.6 Å². The van der Waals surface area contributed by atoms with Crippen molar-refractivity contribution in [1.82, 2.24) is 24.8 Å². The summed E-state index contributed by atoms with van der Waals surface area (Å²) in [6.07, 6.45) is 6.61. The highest BCUT2D eigenvalue weighted by atomic mass is 35.5. The predicted molar refractivity (Wildman–Crippen MR) is 142 cm³/mol. The topological polar surface area (TPSA) is 83.9 Å². The standard InChI is InChI=1S/C27H35ClN6O3/c1-17-11-27(8-5-9-33(27)13-17)16-36-24-30-21-10-22(28)29-12-20(21)23(31-24)32-14-18-6-7-19(15-32)34(18)25(35)37-26(2,3)4/h10,12,18-19H,1,5-9,11,13-16H2,2-4H3. The second-order valence-electron chi connectivity index (χ2n) is 12.0. The van der Waals surface area contributed by atoms with Crippen LogP contribution in [0.2, 0.25) is 5.15 Å². The van der Waals surface area contributed by atoms with Gasteiger partial charge in [0.05, 0.1) is 28.5 Å². The summed E-state index contributed by atoms with van der Waals surface area (Å²) in [7, 11) is 0. The van der Waals surface area contributed by atoms with Crippen LogP contribution in [0, 0.1) is 0 Å². The van der Waals surface area contributed by atoms with Gasteiger partial charge in [-0.15, -0.1) is 0 Å². The van der Waals surface area contributed by atoms with Crippen LogP contribution in [0.1, 0.15) is 52.9 Å². The SMILES string of the molecule is C=C1CN2CCCC2(COc2nc(N3CC4CCC(C3)N4C(=O)OC(C)(C)C)c3cnc(Cl)cc3n2)C1. The van der Waals surface area contributed by atoms with Gasteiger partial charge in [-0.3, -0.25) is 9.80 Å². The van der Waals surface area contributed by atoms with Crippen molar-refractivity contribution in [2.24, 2.45) is 0 Å². The average molecular weight is 527 g/mol. The molecule has 4 aliphatic heterocycles. The fraction of sp³-hybridized carbons (Fsp3) is 0.630. The van der Waals surface area contributed by atoms with Gasteiger partial charge in [-0.25, -0.2) is 9.78 Å². The summed E-state index contributed by atoms with van der Waals surface area (Å²) in [6, 6.07) is 2.25. The largest absolute Gasteiger partial charge is 0.461 e. The van der Waals surface area contributed by atoms with Crippen LogP contribution in [0.3, 0.4) is 0 Å². The second-order valence-corrected chi connectivity index (χ2v) is 12.4. The lowest BCUT2D eigenvalue weighted by atomic mass is 9.94. The van der Waals surface area contributed by atoms with Gasteiger partial charge in [0.1, 0.15) is 23.2 Å². The molecule has 0 aromatic carbocycles. The number of carbonyl (C=O) groups is 1. The molecule has 4 aliphatic rings. The van der Waals surface area contributed by atoms with Crippen LogP contribution >= 0.6 is 11.6 Å². The summed E-state index contributed by atoms with van der Waals surface area (Å²) in [4.78, 5) is 33.5. The molecule has 4 fully saturated rings. The first kappa shape index (κ1) is 24.7. The smallest absolute Gasteiger partial charge is 0.410 e. The third-order valence-corrected chi connectivity index (χ3v) is 8.30. The molecule has 2 aromatic rings. The van der Waals surface area contributed by atoms with Crippen molar-refractivity contribution in [3.8, 4) is 6.01 Å². The molecule has 10 heteroatoms. The number of anilines is 1. The van der Waals surface area contributed by atoms with Crippen LogP contribution in [0.25, 0.3) is 10.9 Å². The van der Waals surface area contributed by atoms with E-state index in [1.165, 1.54) is 12.0 Å². The number of carbonyl (C=O) groups excluding carboxylic acids is 1. The van der Waals surface area contributed by atoms with Gasteiger partial charge in [0.2, 0.25) is 0 Å². The minimum absolute atomic E-state index is 0.0103. The summed E-state index contributed by atoms with van der Waals surface area (Å²) in [5.74, 6) is 0.779. The third kappa shape index (κ3) is 4.61. The number of nitrogens with zero attached hydrogens (tertiary/aromatic N) is 6. The van der Waals surface area contributed by atoms with Crippen molar-refractivity contribution < 1.29 is 14.3 Å². The quantitative estimate of drug-likeness (QED) is 0.427. The Morgan fingerprint density at radius 1 is 1.24 bits per heavy atom. The van der Waals surface area contributed by atoms with E-state index in [0.717, 1.165) is 50.0 Å². The van der Waals surface area contributed by atoms with Crippen molar-refractivity contribution in [3.63, 3.8) is 0 Å². The summed E-state index contributed by atoms with van der Waals surface area (Å²) in [5.41, 5.74) is 1.44. The number of piperazine rings is 1. The fourth-order valence-electron chi connectivity index (χ4n) is 6.60. The molecule has 9 nitrogen and oxygen atoms in total. The van der Waals surface area contributed by atoms with Crippen LogP contribution in [-0.4, -0.2) is 86.9 Å². The van der Waals surface area contributed by atoms with Gasteiger partial charge < -0.3 is 14.4 Å². The number of hydrogen-bond donors (Lipinski definition) is 0. The highest BCUT2D eigenvalue weighted by Gasteiger charge is 2.47. The highest BCUT2D eigenvalue weighted by Crippen LogP contribution is 2.41. The van der Waals surface area contributed by atoms with Crippen LogP contribution in [-0.2, 0) is 4.74 Å². The van der Waals surface area contributed by atoms with Crippen LogP contribution < -0.4 is 9.64 Å². The van der Waals surface area contributed by atoms with E-state index < -0.39 is 5.60 Å². The van der Waals surface area contributed by atoms with Gasteiger partial charge in [-0.05, 0) is 59.4 Å². The maximum Gasteiger partial charge on any atom is 0.410 e. The molecular formula is C27H35ClN6O3. The molecule has 3 unspecified atom stereocenters. The van der Waals surface area contributed by atoms with Crippen LogP contribution in [0.4, 0.5) is 10.6 Å². The molecule has 6 heterocycles. The summed E-state index contributed by atoms with van der Waals surface area (Å²) in [5, 5.41) is 1.21. The maximum absolute atomic E-state index is 13.0. The van der Waals surface area contributed by atoms with E-state index in [1.54, 1.807) is 12.3 Å². The Labute approximate surface area is 222 Å². The van der Waals surface area contributed by atoms with Crippen molar-refractivity contribution in [1.29, 1.82) is 0 Å². The second kappa shape index (κ2) is 8.98. The number of amides is 1. The monoisotopic (exact) mass is 526 g/mol. The third-order valence-electron chi connectivity index (χ3n) is 8.10. The van der Waals surface area contributed by atoms with E-state index in [1.807, 2.05) is 25.7 Å². The van der Waals surface area contributed by atoms with Crippen molar-refractivity contribution >= 4 is 34.4 Å². The molecule has 2 aromatic heterocycles. The Morgan fingerprint density at radius 3 is 2.73 bits per heavy atom. The van der Waals surface area contributed by atoms with E-state index in [9.17, 15) is 4.79 Å².